The van der Waals surface area contributed by atoms with Crippen LogP contribution in [0.15, 0.2) is 18.2 Å². The summed E-state index contributed by atoms with van der Waals surface area (Å²) in [6, 6.07) is 4.90. The Hall–Kier alpha value is -2.37. The number of nitrogens with one attached hydrogen (secondary N) is 2. The third-order valence-electron chi connectivity index (χ3n) is 2.46. The van der Waals surface area contributed by atoms with Gasteiger partial charge in [0.2, 0.25) is 5.91 Å². The molecule has 3 N–H and O–H groups in total. The SMILES string of the molecule is Cc1ccc(C)c(NC(=O)NC(=O)CCC(=O)O)c1. The number of amides is 3. The number of urea groups is 1. The van der Waals surface area contributed by atoms with Crippen LogP contribution in [0, 0.1) is 13.8 Å². The lowest BCUT2D eigenvalue weighted by atomic mass is 10.1. The summed E-state index contributed by atoms with van der Waals surface area (Å²) in [5.74, 6) is -1.70. The van der Waals surface area contributed by atoms with Crippen LogP contribution in [0.4, 0.5) is 10.5 Å². The van der Waals surface area contributed by atoms with Crippen LogP contribution in [0.1, 0.15) is 24.0 Å². The maximum absolute atomic E-state index is 11.5. The van der Waals surface area contributed by atoms with Crippen molar-refractivity contribution in [3.8, 4) is 0 Å². The molecule has 6 heteroatoms. The average Bonchev–Trinajstić information content (AvgIpc) is 2.31. The van der Waals surface area contributed by atoms with Crippen LogP contribution >= 0.6 is 0 Å². The Morgan fingerprint density at radius 3 is 2.47 bits per heavy atom. The number of anilines is 1. The van der Waals surface area contributed by atoms with Crippen LogP contribution in [0.5, 0.6) is 0 Å². The van der Waals surface area contributed by atoms with Gasteiger partial charge in [-0.05, 0) is 31.0 Å². The third kappa shape index (κ3) is 5.20. The molecule has 1 rings (SSSR count). The molecule has 0 bridgehead atoms. The van der Waals surface area contributed by atoms with Gasteiger partial charge in [0.05, 0.1) is 6.42 Å². The lowest BCUT2D eigenvalue weighted by molar-refractivity contribution is -0.138. The molecule has 0 aliphatic rings. The van der Waals surface area contributed by atoms with E-state index in [2.05, 4.69) is 10.6 Å². The number of carboxylic acids is 1. The molecule has 0 aromatic heterocycles. The summed E-state index contributed by atoms with van der Waals surface area (Å²) in [5.41, 5.74) is 2.47. The van der Waals surface area contributed by atoms with Crippen molar-refractivity contribution in [2.75, 3.05) is 5.32 Å². The second kappa shape index (κ2) is 6.53. The molecule has 19 heavy (non-hydrogen) atoms. The molecular formula is C13H16N2O4. The smallest absolute Gasteiger partial charge is 0.325 e. The lowest BCUT2D eigenvalue weighted by Gasteiger charge is -2.09. The summed E-state index contributed by atoms with van der Waals surface area (Å²) in [5, 5.41) is 13.0. The molecule has 0 spiro atoms. The predicted molar refractivity (Wildman–Crippen MR) is 69.9 cm³/mol. The number of aryl methyl sites for hydroxylation is 2. The number of hydrogen-bond acceptors (Lipinski definition) is 3. The second-order valence-electron chi connectivity index (χ2n) is 4.21. The zero-order chi connectivity index (χ0) is 14.4. The van der Waals surface area contributed by atoms with E-state index in [9.17, 15) is 14.4 Å². The topological polar surface area (TPSA) is 95.5 Å². The fourth-order valence-electron chi connectivity index (χ4n) is 1.43. The van der Waals surface area contributed by atoms with Gasteiger partial charge < -0.3 is 10.4 Å². The van der Waals surface area contributed by atoms with Crippen LogP contribution in [0.25, 0.3) is 0 Å². The number of benzene rings is 1. The Labute approximate surface area is 110 Å². The number of imide groups is 1. The van der Waals surface area contributed by atoms with Crippen molar-refractivity contribution in [1.82, 2.24) is 5.32 Å². The van der Waals surface area contributed by atoms with Crippen LogP contribution in [-0.2, 0) is 9.59 Å². The van der Waals surface area contributed by atoms with Crippen LogP contribution in [0.3, 0.4) is 0 Å². The van der Waals surface area contributed by atoms with E-state index >= 15 is 0 Å². The molecule has 3 amide bonds. The summed E-state index contributed by atoms with van der Waals surface area (Å²) in [7, 11) is 0. The van der Waals surface area contributed by atoms with Crippen molar-refractivity contribution >= 4 is 23.6 Å². The van der Waals surface area contributed by atoms with E-state index in [-0.39, 0.29) is 12.8 Å². The highest BCUT2D eigenvalue weighted by Gasteiger charge is 2.10. The number of aliphatic carboxylic acids is 1. The van der Waals surface area contributed by atoms with Crippen molar-refractivity contribution in [3.05, 3.63) is 29.3 Å². The summed E-state index contributed by atoms with van der Waals surface area (Å²) in [6.45, 7) is 3.72. The van der Waals surface area contributed by atoms with Crippen molar-refractivity contribution in [2.24, 2.45) is 0 Å². The van der Waals surface area contributed by atoms with E-state index < -0.39 is 17.9 Å². The first-order chi connectivity index (χ1) is 8.88. The molecule has 0 fully saturated rings. The molecule has 0 saturated heterocycles. The molecule has 0 saturated carbocycles. The van der Waals surface area contributed by atoms with Crippen LogP contribution < -0.4 is 10.6 Å². The maximum Gasteiger partial charge on any atom is 0.325 e. The van der Waals surface area contributed by atoms with E-state index in [0.29, 0.717) is 5.69 Å². The highest BCUT2D eigenvalue weighted by atomic mass is 16.4. The molecule has 102 valence electrons. The number of carboxylic acid groups (broad SMARTS) is 1. The van der Waals surface area contributed by atoms with Gasteiger partial charge in [-0.1, -0.05) is 12.1 Å². The normalized spacial score (nSPS) is 9.79. The van der Waals surface area contributed by atoms with Gasteiger partial charge >= 0.3 is 12.0 Å². The minimum absolute atomic E-state index is 0.227. The number of carbonyl (C=O) groups excluding carboxylic acids is 2. The summed E-state index contributed by atoms with van der Waals surface area (Å²) in [4.78, 5) is 33.1. The number of carbonyl (C=O) groups is 3. The molecule has 0 aliphatic carbocycles. The van der Waals surface area contributed by atoms with Gasteiger partial charge in [0.25, 0.3) is 0 Å². The fraction of sp³-hybridized carbons (Fsp3) is 0.308. The largest absolute Gasteiger partial charge is 0.481 e. The summed E-state index contributed by atoms with van der Waals surface area (Å²) < 4.78 is 0. The summed E-state index contributed by atoms with van der Waals surface area (Å²) in [6.07, 6.45) is -0.530. The minimum Gasteiger partial charge on any atom is -0.481 e. The van der Waals surface area contributed by atoms with Gasteiger partial charge in [-0.25, -0.2) is 4.79 Å². The van der Waals surface area contributed by atoms with Gasteiger partial charge in [0.15, 0.2) is 0 Å². The maximum atomic E-state index is 11.5. The number of rotatable bonds is 4. The molecule has 1 aromatic rings. The van der Waals surface area contributed by atoms with E-state index in [1.165, 1.54) is 0 Å². The van der Waals surface area contributed by atoms with Gasteiger partial charge in [0.1, 0.15) is 0 Å². The standard InChI is InChI=1S/C13H16N2O4/c1-8-3-4-9(2)10(7-8)14-13(19)15-11(16)5-6-12(17)18/h3-4,7H,5-6H2,1-2H3,(H,17,18)(H2,14,15,16,19). The first kappa shape index (κ1) is 14.7. The van der Waals surface area contributed by atoms with Crippen LogP contribution in [0.2, 0.25) is 0 Å². The van der Waals surface area contributed by atoms with Gasteiger partial charge in [-0.15, -0.1) is 0 Å². The first-order valence-corrected chi connectivity index (χ1v) is 5.78. The van der Waals surface area contributed by atoms with Gasteiger partial charge in [-0.2, -0.15) is 0 Å². The Kier molecular flexibility index (Phi) is 5.05. The fourth-order valence-corrected chi connectivity index (χ4v) is 1.43. The molecule has 0 atom stereocenters. The van der Waals surface area contributed by atoms with Gasteiger partial charge in [-0.3, -0.25) is 14.9 Å². The van der Waals surface area contributed by atoms with Crippen molar-refractivity contribution in [3.63, 3.8) is 0 Å². The first-order valence-electron chi connectivity index (χ1n) is 5.78. The Morgan fingerprint density at radius 1 is 1.16 bits per heavy atom. The zero-order valence-electron chi connectivity index (χ0n) is 10.8. The van der Waals surface area contributed by atoms with Crippen LogP contribution in [-0.4, -0.2) is 23.0 Å². The third-order valence-corrected chi connectivity index (χ3v) is 2.46. The Morgan fingerprint density at radius 2 is 1.84 bits per heavy atom. The molecule has 6 nitrogen and oxygen atoms in total. The number of hydrogen-bond donors (Lipinski definition) is 3. The zero-order valence-corrected chi connectivity index (χ0v) is 10.8. The molecular weight excluding hydrogens is 248 g/mol. The molecule has 1 aromatic carbocycles. The highest BCUT2D eigenvalue weighted by Crippen LogP contribution is 2.15. The monoisotopic (exact) mass is 264 g/mol. The average molecular weight is 264 g/mol. The van der Waals surface area contributed by atoms with E-state index in [1.807, 2.05) is 26.0 Å². The highest BCUT2D eigenvalue weighted by molar-refractivity contribution is 6.01. The Balaban J connectivity index is 2.53. The van der Waals surface area contributed by atoms with E-state index in [4.69, 9.17) is 5.11 Å². The molecule has 0 aliphatic heterocycles. The van der Waals surface area contributed by atoms with E-state index in [1.54, 1.807) is 6.07 Å². The quantitative estimate of drug-likeness (QED) is 0.772. The molecule has 0 heterocycles. The van der Waals surface area contributed by atoms with Crippen molar-refractivity contribution in [2.45, 2.75) is 26.7 Å². The Bertz CT molecular complexity index is 511. The van der Waals surface area contributed by atoms with Crippen molar-refractivity contribution in [1.29, 1.82) is 0 Å². The lowest BCUT2D eigenvalue weighted by Crippen LogP contribution is -2.34. The molecule has 0 unspecified atom stereocenters. The van der Waals surface area contributed by atoms with E-state index in [0.717, 1.165) is 11.1 Å². The summed E-state index contributed by atoms with van der Waals surface area (Å²) >= 11 is 0. The molecule has 0 radical (unpaired) electrons. The minimum atomic E-state index is -1.08. The second-order valence-corrected chi connectivity index (χ2v) is 4.21. The van der Waals surface area contributed by atoms with Gasteiger partial charge in [0, 0.05) is 12.1 Å². The van der Waals surface area contributed by atoms with Crippen molar-refractivity contribution < 1.29 is 19.5 Å². The predicted octanol–water partition coefficient (Wildman–Crippen LogP) is 1.82.